The van der Waals surface area contributed by atoms with Crippen LogP contribution in [0.25, 0.3) is 5.69 Å². The zero-order valence-electron chi connectivity index (χ0n) is 17.2. The maximum atomic E-state index is 13.4. The molecule has 0 radical (unpaired) electrons. The number of halogens is 1. The number of aromatic nitrogens is 2. The van der Waals surface area contributed by atoms with Crippen LogP contribution in [-0.4, -0.2) is 52.1 Å². The molecule has 3 heterocycles. The predicted molar refractivity (Wildman–Crippen MR) is 122 cm³/mol. The van der Waals surface area contributed by atoms with Gasteiger partial charge >= 0.3 is 6.03 Å². The van der Waals surface area contributed by atoms with E-state index in [1.165, 1.54) is 4.90 Å². The van der Waals surface area contributed by atoms with E-state index in [4.69, 9.17) is 11.6 Å². The first-order valence-electron chi connectivity index (χ1n) is 10.4. The summed E-state index contributed by atoms with van der Waals surface area (Å²) < 4.78 is 1.61. The van der Waals surface area contributed by atoms with Crippen molar-refractivity contribution in [2.24, 2.45) is 4.99 Å². The van der Waals surface area contributed by atoms with Crippen LogP contribution < -0.4 is 10.2 Å². The first kappa shape index (κ1) is 20.3. The normalized spacial score (nSPS) is 15.2. The summed E-state index contributed by atoms with van der Waals surface area (Å²) in [6.45, 7) is 1.44. The molecule has 2 aliphatic heterocycles. The first-order chi connectivity index (χ1) is 15.6. The molecule has 0 fully saturated rings. The molecule has 3 amide bonds. The summed E-state index contributed by atoms with van der Waals surface area (Å²) in [6, 6.07) is 16.6. The van der Waals surface area contributed by atoms with E-state index in [-0.39, 0.29) is 18.5 Å². The second-order valence-corrected chi connectivity index (χ2v) is 7.99. The van der Waals surface area contributed by atoms with E-state index in [9.17, 15) is 9.59 Å². The number of urea groups is 1. The molecular weight excluding hydrogens is 428 g/mol. The highest BCUT2D eigenvalue weighted by atomic mass is 35.5. The molecular formula is C23H21ClN6O2. The van der Waals surface area contributed by atoms with Crippen LogP contribution in [0.1, 0.15) is 17.5 Å². The Morgan fingerprint density at radius 2 is 1.88 bits per heavy atom. The lowest BCUT2D eigenvalue weighted by atomic mass is 10.1. The Balaban J connectivity index is 1.50. The number of hydrogen-bond donors (Lipinski definition) is 1. The number of aliphatic imine (C=N–C) groups is 1. The quantitative estimate of drug-likeness (QED) is 0.650. The molecule has 1 aromatic heterocycles. The summed E-state index contributed by atoms with van der Waals surface area (Å²) in [4.78, 5) is 33.9. The lowest BCUT2D eigenvalue weighted by molar-refractivity contribution is -0.119. The predicted octanol–water partition coefficient (Wildman–Crippen LogP) is 3.23. The summed E-state index contributed by atoms with van der Waals surface area (Å²) in [6.07, 6.45) is 2.45. The zero-order chi connectivity index (χ0) is 22.1. The number of carbonyl (C=O) groups excluding carboxylic acids is 2. The van der Waals surface area contributed by atoms with E-state index in [0.29, 0.717) is 47.6 Å². The van der Waals surface area contributed by atoms with Crippen molar-refractivity contribution in [1.82, 2.24) is 20.0 Å². The molecule has 0 saturated heterocycles. The van der Waals surface area contributed by atoms with Crippen LogP contribution in [0.4, 0.5) is 10.6 Å². The van der Waals surface area contributed by atoms with E-state index >= 15 is 0 Å². The third kappa shape index (κ3) is 3.62. The fraction of sp³-hybridized carbons (Fsp3) is 0.217. The number of benzene rings is 2. The Bertz CT molecular complexity index is 1210. The Kier molecular flexibility index (Phi) is 5.36. The minimum atomic E-state index is -0.292. The molecule has 3 aromatic rings. The van der Waals surface area contributed by atoms with Gasteiger partial charge in [0.1, 0.15) is 12.4 Å². The highest BCUT2D eigenvalue weighted by molar-refractivity contribution is 6.32. The number of nitrogens with one attached hydrogen (secondary N) is 1. The van der Waals surface area contributed by atoms with Gasteiger partial charge in [-0.3, -0.25) is 19.6 Å². The van der Waals surface area contributed by atoms with Gasteiger partial charge in [0.05, 0.1) is 22.5 Å². The van der Waals surface area contributed by atoms with Crippen molar-refractivity contribution >= 4 is 35.2 Å². The molecule has 0 atom stereocenters. The molecule has 8 nitrogen and oxygen atoms in total. The van der Waals surface area contributed by atoms with Gasteiger partial charge in [-0.15, -0.1) is 0 Å². The van der Waals surface area contributed by atoms with Gasteiger partial charge in [0.25, 0.3) is 0 Å². The summed E-state index contributed by atoms with van der Waals surface area (Å²) in [7, 11) is 0. The fourth-order valence-electron chi connectivity index (χ4n) is 3.96. The Morgan fingerprint density at radius 3 is 2.69 bits per heavy atom. The SMILES string of the molecule is O=C(CN1C(=O)N2CCCN=C2c2cnn(-c3ccccc3Cl)c21)NCc1ccccc1. The van der Waals surface area contributed by atoms with Gasteiger partial charge in [-0.2, -0.15) is 5.10 Å². The van der Waals surface area contributed by atoms with Crippen LogP contribution in [0.3, 0.4) is 0 Å². The largest absolute Gasteiger partial charge is 0.350 e. The number of fused-ring (bicyclic) bond motifs is 3. The van der Waals surface area contributed by atoms with Crippen molar-refractivity contribution in [3.63, 3.8) is 0 Å². The molecule has 162 valence electrons. The molecule has 2 aromatic carbocycles. The van der Waals surface area contributed by atoms with Crippen molar-refractivity contribution in [1.29, 1.82) is 0 Å². The van der Waals surface area contributed by atoms with E-state index in [0.717, 1.165) is 12.0 Å². The number of nitrogens with zero attached hydrogens (tertiary/aromatic N) is 5. The minimum Gasteiger partial charge on any atom is -0.350 e. The number of para-hydroxylation sites is 1. The Morgan fingerprint density at radius 1 is 1.09 bits per heavy atom. The minimum absolute atomic E-state index is 0.140. The average Bonchev–Trinajstić information content (AvgIpc) is 3.26. The Hall–Kier alpha value is -3.65. The average molecular weight is 449 g/mol. The van der Waals surface area contributed by atoms with E-state index in [1.807, 2.05) is 48.5 Å². The van der Waals surface area contributed by atoms with E-state index in [2.05, 4.69) is 15.4 Å². The van der Waals surface area contributed by atoms with E-state index < -0.39 is 0 Å². The van der Waals surface area contributed by atoms with Crippen LogP contribution in [-0.2, 0) is 11.3 Å². The zero-order valence-corrected chi connectivity index (χ0v) is 18.0. The molecule has 0 aliphatic carbocycles. The third-order valence-corrected chi connectivity index (χ3v) is 5.79. The molecule has 32 heavy (non-hydrogen) atoms. The van der Waals surface area contributed by atoms with Gasteiger partial charge in [0, 0.05) is 19.6 Å². The molecule has 0 unspecified atom stereocenters. The summed E-state index contributed by atoms with van der Waals surface area (Å²) in [5.41, 5.74) is 2.32. The number of amides is 3. The van der Waals surface area contributed by atoms with Crippen molar-refractivity contribution in [3.8, 4) is 5.69 Å². The van der Waals surface area contributed by atoms with Crippen molar-refractivity contribution < 1.29 is 9.59 Å². The topological polar surface area (TPSA) is 82.8 Å². The maximum absolute atomic E-state index is 13.4. The molecule has 5 rings (SSSR count). The number of rotatable bonds is 5. The van der Waals surface area contributed by atoms with Gasteiger partial charge < -0.3 is 5.32 Å². The van der Waals surface area contributed by atoms with Crippen molar-refractivity contribution in [2.75, 3.05) is 24.5 Å². The van der Waals surface area contributed by atoms with Crippen molar-refractivity contribution in [2.45, 2.75) is 13.0 Å². The highest BCUT2D eigenvalue weighted by Gasteiger charge is 2.40. The van der Waals surface area contributed by atoms with Crippen LogP contribution in [0.5, 0.6) is 0 Å². The monoisotopic (exact) mass is 448 g/mol. The van der Waals surface area contributed by atoms with Gasteiger partial charge in [0.2, 0.25) is 5.91 Å². The summed E-state index contributed by atoms with van der Waals surface area (Å²) in [5, 5.41) is 7.89. The smallest absolute Gasteiger partial charge is 0.331 e. The lowest BCUT2D eigenvalue weighted by Crippen LogP contribution is -2.55. The molecule has 0 spiro atoms. The number of anilines is 1. The number of amidine groups is 1. The van der Waals surface area contributed by atoms with Gasteiger partial charge in [-0.1, -0.05) is 54.1 Å². The van der Waals surface area contributed by atoms with Gasteiger partial charge in [-0.25, -0.2) is 9.48 Å². The molecule has 0 bridgehead atoms. The first-order valence-corrected chi connectivity index (χ1v) is 10.8. The second-order valence-electron chi connectivity index (χ2n) is 7.59. The van der Waals surface area contributed by atoms with Gasteiger partial charge in [-0.05, 0) is 24.1 Å². The number of hydrogen-bond acceptors (Lipinski definition) is 4. The van der Waals surface area contributed by atoms with Crippen LogP contribution in [0, 0.1) is 0 Å². The standard InChI is InChI=1S/C23H21ClN6O2/c24-18-9-4-5-10-19(18)30-22-17(14-27-30)21-25-11-6-12-28(21)23(32)29(22)15-20(31)26-13-16-7-2-1-3-8-16/h1-5,7-10,14H,6,11-13,15H2,(H,26,31). The molecule has 9 heteroatoms. The second kappa shape index (κ2) is 8.47. The highest BCUT2D eigenvalue weighted by Crippen LogP contribution is 2.34. The molecule has 2 aliphatic rings. The maximum Gasteiger partial charge on any atom is 0.331 e. The van der Waals surface area contributed by atoms with Crippen molar-refractivity contribution in [3.05, 3.63) is 76.9 Å². The van der Waals surface area contributed by atoms with Crippen LogP contribution >= 0.6 is 11.6 Å². The fourth-order valence-corrected chi connectivity index (χ4v) is 4.17. The number of carbonyl (C=O) groups is 2. The van der Waals surface area contributed by atoms with Crippen LogP contribution in [0.2, 0.25) is 5.02 Å². The van der Waals surface area contributed by atoms with E-state index in [1.54, 1.807) is 21.8 Å². The molecule has 0 saturated carbocycles. The molecule has 1 N–H and O–H groups in total. The summed E-state index contributed by atoms with van der Waals surface area (Å²) in [5.74, 6) is 0.822. The van der Waals surface area contributed by atoms with Crippen LogP contribution in [0.15, 0.2) is 65.8 Å². The van der Waals surface area contributed by atoms with Gasteiger partial charge in [0.15, 0.2) is 5.82 Å². The lowest BCUT2D eigenvalue weighted by Gasteiger charge is -2.37. The third-order valence-electron chi connectivity index (χ3n) is 5.47. The Labute approximate surface area is 190 Å². The summed E-state index contributed by atoms with van der Waals surface area (Å²) >= 11 is 6.42.